The SMILES string of the molecule is O=C(Nc1ccc2oc(-c3cccc(F)c3)nc2c1)c1ccc([N+](=O)[O-])cc1. The third-order valence-electron chi connectivity index (χ3n) is 4.06. The maximum Gasteiger partial charge on any atom is 0.269 e. The minimum absolute atomic E-state index is 0.0922. The number of nitrogens with one attached hydrogen (secondary N) is 1. The number of aromatic nitrogens is 1. The first kappa shape index (κ1) is 17.3. The van der Waals surface area contributed by atoms with Gasteiger partial charge in [-0.05, 0) is 48.5 Å². The fourth-order valence-corrected chi connectivity index (χ4v) is 2.69. The van der Waals surface area contributed by atoms with Gasteiger partial charge >= 0.3 is 0 Å². The Morgan fingerprint density at radius 3 is 2.57 bits per heavy atom. The van der Waals surface area contributed by atoms with E-state index in [-0.39, 0.29) is 17.1 Å². The van der Waals surface area contributed by atoms with E-state index in [1.165, 1.54) is 36.4 Å². The molecule has 138 valence electrons. The molecule has 28 heavy (non-hydrogen) atoms. The van der Waals surface area contributed by atoms with Crippen molar-refractivity contribution in [1.82, 2.24) is 4.98 Å². The van der Waals surface area contributed by atoms with Crippen LogP contribution in [0.2, 0.25) is 0 Å². The summed E-state index contributed by atoms with van der Waals surface area (Å²) < 4.78 is 19.0. The topological polar surface area (TPSA) is 98.3 Å². The van der Waals surface area contributed by atoms with Gasteiger partial charge in [-0.3, -0.25) is 14.9 Å². The minimum Gasteiger partial charge on any atom is -0.436 e. The molecule has 0 aliphatic heterocycles. The number of nitro groups is 1. The van der Waals surface area contributed by atoms with Crippen LogP contribution >= 0.6 is 0 Å². The summed E-state index contributed by atoms with van der Waals surface area (Å²) in [7, 11) is 0. The zero-order valence-electron chi connectivity index (χ0n) is 14.3. The maximum atomic E-state index is 13.4. The van der Waals surface area contributed by atoms with Gasteiger partial charge in [0.2, 0.25) is 5.89 Å². The lowest BCUT2D eigenvalue weighted by Gasteiger charge is -2.04. The van der Waals surface area contributed by atoms with Crippen molar-refractivity contribution in [3.05, 3.63) is 88.2 Å². The molecular formula is C20H12FN3O4. The van der Waals surface area contributed by atoms with Crippen LogP contribution in [0.5, 0.6) is 0 Å². The van der Waals surface area contributed by atoms with Crippen LogP contribution in [0.3, 0.4) is 0 Å². The number of benzene rings is 3. The molecular weight excluding hydrogens is 365 g/mol. The fraction of sp³-hybridized carbons (Fsp3) is 0. The number of amides is 1. The zero-order chi connectivity index (χ0) is 19.7. The largest absolute Gasteiger partial charge is 0.436 e. The number of oxazole rings is 1. The number of halogens is 1. The van der Waals surface area contributed by atoms with Crippen LogP contribution in [0.15, 0.2) is 71.1 Å². The summed E-state index contributed by atoms with van der Waals surface area (Å²) in [6.45, 7) is 0. The summed E-state index contributed by atoms with van der Waals surface area (Å²) in [5.74, 6) is -0.535. The monoisotopic (exact) mass is 377 g/mol. The van der Waals surface area contributed by atoms with Crippen molar-refractivity contribution in [1.29, 1.82) is 0 Å². The van der Waals surface area contributed by atoms with Gasteiger partial charge in [-0.2, -0.15) is 0 Å². The van der Waals surface area contributed by atoms with E-state index in [0.717, 1.165) is 0 Å². The van der Waals surface area contributed by atoms with Crippen molar-refractivity contribution in [2.45, 2.75) is 0 Å². The number of anilines is 1. The van der Waals surface area contributed by atoms with Gasteiger partial charge in [0, 0.05) is 28.9 Å². The lowest BCUT2D eigenvalue weighted by atomic mass is 10.2. The molecule has 0 saturated heterocycles. The van der Waals surface area contributed by atoms with E-state index in [1.54, 1.807) is 30.3 Å². The van der Waals surface area contributed by atoms with Crippen LogP contribution < -0.4 is 5.32 Å². The molecule has 1 heterocycles. The average molecular weight is 377 g/mol. The maximum absolute atomic E-state index is 13.4. The summed E-state index contributed by atoms with van der Waals surface area (Å²) in [6, 6.07) is 16.1. The van der Waals surface area contributed by atoms with E-state index in [4.69, 9.17) is 4.42 Å². The number of non-ortho nitro benzene ring substituents is 1. The first-order valence-corrected chi connectivity index (χ1v) is 8.22. The van der Waals surface area contributed by atoms with Crippen LogP contribution in [0.1, 0.15) is 10.4 Å². The Hall–Kier alpha value is -4.07. The first-order valence-electron chi connectivity index (χ1n) is 8.22. The number of hydrogen-bond donors (Lipinski definition) is 1. The molecule has 4 rings (SSSR count). The lowest BCUT2D eigenvalue weighted by molar-refractivity contribution is -0.384. The number of nitrogens with zero attached hydrogens (tertiary/aromatic N) is 2. The molecule has 0 saturated carbocycles. The molecule has 0 bridgehead atoms. The summed E-state index contributed by atoms with van der Waals surface area (Å²) in [5, 5.41) is 13.4. The van der Waals surface area contributed by atoms with E-state index in [2.05, 4.69) is 10.3 Å². The average Bonchev–Trinajstić information content (AvgIpc) is 3.11. The van der Waals surface area contributed by atoms with Crippen molar-refractivity contribution in [2.24, 2.45) is 0 Å². The number of nitro benzene ring substituents is 1. The Morgan fingerprint density at radius 1 is 1.07 bits per heavy atom. The Kier molecular flexibility index (Phi) is 4.29. The van der Waals surface area contributed by atoms with Crippen molar-refractivity contribution < 1.29 is 18.5 Å². The second-order valence-electron chi connectivity index (χ2n) is 5.97. The Bertz CT molecular complexity index is 1200. The molecule has 0 unspecified atom stereocenters. The van der Waals surface area contributed by atoms with Crippen LogP contribution in [-0.4, -0.2) is 15.8 Å². The molecule has 1 amide bonds. The van der Waals surface area contributed by atoms with Crippen molar-refractivity contribution in [2.75, 3.05) is 5.32 Å². The van der Waals surface area contributed by atoms with E-state index in [0.29, 0.717) is 22.4 Å². The summed E-state index contributed by atoms with van der Waals surface area (Å²) in [6.07, 6.45) is 0. The van der Waals surface area contributed by atoms with Gasteiger partial charge in [0.05, 0.1) is 4.92 Å². The second-order valence-corrected chi connectivity index (χ2v) is 5.97. The van der Waals surface area contributed by atoms with Gasteiger partial charge in [-0.25, -0.2) is 9.37 Å². The van der Waals surface area contributed by atoms with E-state index in [1.807, 2.05) is 0 Å². The Balaban J connectivity index is 1.57. The first-order chi connectivity index (χ1) is 13.5. The predicted octanol–water partition coefficient (Wildman–Crippen LogP) is 4.79. The molecule has 0 aliphatic carbocycles. The molecule has 8 heteroatoms. The van der Waals surface area contributed by atoms with Crippen molar-refractivity contribution >= 4 is 28.4 Å². The van der Waals surface area contributed by atoms with Crippen LogP contribution in [-0.2, 0) is 0 Å². The number of hydrogen-bond acceptors (Lipinski definition) is 5. The van der Waals surface area contributed by atoms with E-state index < -0.39 is 16.6 Å². The van der Waals surface area contributed by atoms with E-state index >= 15 is 0 Å². The molecule has 0 fully saturated rings. The number of carbonyl (C=O) groups is 1. The van der Waals surface area contributed by atoms with Gasteiger partial charge in [0.25, 0.3) is 11.6 Å². The summed E-state index contributed by atoms with van der Waals surface area (Å²) in [5.41, 5.74) is 2.17. The lowest BCUT2D eigenvalue weighted by Crippen LogP contribution is -2.11. The highest BCUT2D eigenvalue weighted by molar-refractivity contribution is 6.05. The quantitative estimate of drug-likeness (QED) is 0.407. The highest BCUT2D eigenvalue weighted by Crippen LogP contribution is 2.27. The normalized spacial score (nSPS) is 10.8. The van der Waals surface area contributed by atoms with Gasteiger partial charge < -0.3 is 9.73 Å². The molecule has 4 aromatic rings. The van der Waals surface area contributed by atoms with Crippen LogP contribution in [0, 0.1) is 15.9 Å². The van der Waals surface area contributed by atoms with Crippen molar-refractivity contribution in [3.63, 3.8) is 0 Å². The van der Waals surface area contributed by atoms with Crippen molar-refractivity contribution in [3.8, 4) is 11.5 Å². The molecule has 1 N–H and O–H groups in total. The molecule has 3 aromatic carbocycles. The van der Waals surface area contributed by atoms with Gasteiger partial charge in [-0.1, -0.05) is 6.07 Å². The van der Waals surface area contributed by atoms with Crippen LogP contribution in [0.4, 0.5) is 15.8 Å². The van der Waals surface area contributed by atoms with E-state index in [9.17, 15) is 19.3 Å². The third kappa shape index (κ3) is 3.43. The number of rotatable bonds is 4. The second kappa shape index (κ2) is 6.92. The molecule has 0 aliphatic rings. The molecule has 7 nitrogen and oxygen atoms in total. The molecule has 0 atom stereocenters. The minimum atomic E-state index is -0.531. The smallest absolute Gasteiger partial charge is 0.269 e. The summed E-state index contributed by atoms with van der Waals surface area (Å²) >= 11 is 0. The molecule has 1 aromatic heterocycles. The molecule has 0 radical (unpaired) electrons. The predicted molar refractivity (Wildman–Crippen MR) is 100 cm³/mol. The van der Waals surface area contributed by atoms with Crippen LogP contribution in [0.25, 0.3) is 22.6 Å². The van der Waals surface area contributed by atoms with Gasteiger partial charge in [-0.15, -0.1) is 0 Å². The highest BCUT2D eigenvalue weighted by atomic mass is 19.1. The Morgan fingerprint density at radius 2 is 1.86 bits per heavy atom. The van der Waals surface area contributed by atoms with Gasteiger partial charge in [0.15, 0.2) is 5.58 Å². The standard InChI is InChI=1S/C20H12FN3O4/c21-14-3-1-2-13(10-14)20-23-17-11-15(6-9-18(17)28-20)22-19(25)12-4-7-16(8-5-12)24(26)27/h1-11H,(H,22,25). The third-order valence-corrected chi connectivity index (χ3v) is 4.06. The zero-order valence-corrected chi connectivity index (χ0v) is 14.3. The fourth-order valence-electron chi connectivity index (χ4n) is 2.69. The highest BCUT2D eigenvalue weighted by Gasteiger charge is 2.12. The van der Waals surface area contributed by atoms with Gasteiger partial charge in [0.1, 0.15) is 11.3 Å². The summed E-state index contributed by atoms with van der Waals surface area (Å²) in [4.78, 5) is 26.8. The molecule has 0 spiro atoms. The number of carbonyl (C=O) groups excluding carboxylic acids is 1. The number of fused-ring (bicyclic) bond motifs is 1. The Labute approximate surface area is 157 Å².